The zero-order valence-corrected chi connectivity index (χ0v) is 12.0. The van der Waals surface area contributed by atoms with E-state index in [1.54, 1.807) is 11.8 Å². The smallest absolute Gasteiger partial charge is 0.407 e. The van der Waals surface area contributed by atoms with E-state index >= 15 is 0 Å². The third-order valence-electron chi connectivity index (χ3n) is 3.22. The SMILES string of the molecule is CCOC(=O)NC1CCCN(C(=O)Cn2cnc(N)n2)C1. The molecule has 1 saturated heterocycles. The molecule has 2 rings (SSSR count). The first-order valence-electron chi connectivity index (χ1n) is 6.94. The first kappa shape index (κ1) is 15.1. The Labute approximate surface area is 122 Å². The number of nitrogens with one attached hydrogen (secondary N) is 1. The second-order valence-corrected chi connectivity index (χ2v) is 4.84. The summed E-state index contributed by atoms with van der Waals surface area (Å²) >= 11 is 0. The van der Waals surface area contributed by atoms with E-state index < -0.39 is 6.09 Å². The number of piperidine rings is 1. The van der Waals surface area contributed by atoms with E-state index in [-0.39, 0.29) is 24.4 Å². The number of carbonyl (C=O) groups is 2. The average Bonchev–Trinajstić information content (AvgIpc) is 2.84. The molecule has 0 radical (unpaired) electrons. The van der Waals surface area contributed by atoms with Gasteiger partial charge in [0.1, 0.15) is 12.9 Å². The number of likely N-dealkylation sites (tertiary alicyclic amines) is 1. The normalized spacial score (nSPS) is 18.3. The average molecular weight is 296 g/mol. The molecule has 1 fully saturated rings. The molecule has 1 atom stereocenters. The Balaban J connectivity index is 1.85. The molecule has 0 saturated carbocycles. The maximum Gasteiger partial charge on any atom is 0.407 e. The number of alkyl carbamates (subject to hydrolysis) is 1. The van der Waals surface area contributed by atoms with Crippen LogP contribution in [0, 0.1) is 0 Å². The van der Waals surface area contributed by atoms with Gasteiger partial charge >= 0.3 is 6.09 Å². The monoisotopic (exact) mass is 296 g/mol. The summed E-state index contributed by atoms with van der Waals surface area (Å²) in [6.45, 7) is 3.32. The molecule has 0 bridgehead atoms. The van der Waals surface area contributed by atoms with Crippen LogP contribution < -0.4 is 11.1 Å². The third kappa shape index (κ3) is 4.33. The number of aromatic nitrogens is 3. The van der Waals surface area contributed by atoms with E-state index in [0.29, 0.717) is 19.7 Å². The third-order valence-corrected chi connectivity index (χ3v) is 3.22. The van der Waals surface area contributed by atoms with Crippen molar-refractivity contribution in [2.45, 2.75) is 32.4 Å². The van der Waals surface area contributed by atoms with Crippen LogP contribution in [0.2, 0.25) is 0 Å². The van der Waals surface area contributed by atoms with E-state index in [1.165, 1.54) is 11.0 Å². The minimum absolute atomic E-state index is 0.0738. The van der Waals surface area contributed by atoms with Crippen LogP contribution in [-0.4, -0.2) is 57.4 Å². The van der Waals surface area contributed by atoms with Crippen LogP contribution in [0.3, 0.4) is 0 Å². The van der Waals surface area contributed by atoms with Gasteiger partial charge in [-0.05, 0) is 19.8 Å². The quantitative estimate of drug-likeness (QED) is 0.781. The van der Waals surface area contributed by atoms with Crippen molar-refractivity contribution in [1.82, 2.24) is 25.0 Å². The van der Waals surface area contributed by atoms with Crippen molar-refractivity contribution in [3.8, 4) is 0 Å². The van der Waals surface area contributed by atoms with E-state index in [2.05, 4.69) is 15.4 Å². The second kappa shape index (κ2) is 6.91. The number of amides is 2. The van der Waals surface area contributed by atoms with Crippen LogP contribution in [0.15, 0.2) is 6.33 Å². The predicted octanol–water partition coefficient (Wildman–Crippen LogP) is -0.403. The first-order chi connectivity index (χ1) is 10.1. The lowest BCUT2D eigenvalue weighted by Gasteiger charge is -2.32. The van der Waals surface area contributed by atoms with Gasteiger partial charge in [0.05, 0.1) is 6.61 Å². The van der Waals surface area contributed by atoms with Gasteiger partial charge in [0, 0.05) is 19.1 Å². The zero-order chi connectivity index (χ0) is 15.2. The van der Waals surface area contributed by atoms with Crippen LogP contribution in [-0.2, 0) is 16.1 Å². The maximum absolute atomic E-state index is 12.2. The molecular weight excluding hydrogens is 276 g/mol. The van der Waals surface area contributed by atoms with Crippen molar-refractivity contribution >= 4 is 17.9 Å². The van der Waals surface area contributed by atoms with Crippen LogP contribution in [0.25, 0.3) is 0 Å². The van der Waals surface area contributed by atoms with Crippen molar-refractivity contribution in [2.75, 3.05) is 25.4 Å². The van der Waals surface area contributed by atoms with Crippen molar-refractivity contribution in [1.29, 1.82) is 0 Å². The minimum Gasteiger partial charge on any atom is -0.450 e. The summed E-state index contributed by atoms with van der Waals surface area (Å²) in [4.78, 5) is 29.1. The number of hydrogen-bond acceptors (Lipinski definition) is 6. The molecule has 3 N–H and O–H groups in total. The number of anilines is 1. The number of carbonyl (C=O) groups excluding carboxylic acids is 2. The predicted molar refractivity (Wildman–Crippen MR) is 74.2 cm³/mol. The van der Waals surface area contributed by atoms with Crippen molar-refractivity contribution in [3.05, 3.63) is 6.33 Å². The standard InChI is InChI=1S/C12H20N6O3/c1-2-21-12(20)15-9-4-3-5-17(6-9)10(19)7-18-8-14-11(13)16-18/h8-9H,2-7H2,1H3,(H2,13,16)(H,15,20). The van der Waals surface area contributed by atoms with Crippen molar-refractivity contribution in [3.63, 3.8) is 0 Å². The van der Waals surface area contributed by atoms with Crippen LogP contribution in [0.1, 0.15) is 19.8 Å². The Kier molecular flexibility index (Phi) is 4.96. The number of ether oxygens (including phenoxy) is 1. The Bertz CT molecular complexity index is 503. The summed E-state index contributed by atoms with van der Waals surface area (Å²) in [5, 5.41) is 6.65. The summed E-state index contributed by atoms with van der Waals surface area (Å²) in [5.41, 5.74) is 5.41. The molecule has 0 aliphatic carbocycles. The van der Waals surface area contributed by atoms with Gasteiger partial charge in [-0.25, -0.2) is 14.5 Å². The molecule has 0 spiro atoms. The fraction of sp³-hybridized carbons (Fsp3) is 0.667. The van der Waals surface area contributed by atoms with Gasteiger partial charge in [-0.2, -0.15) is 0 Å². The topological polar surface area (TPSA) is 115 Å². The number of hydrogen-bond donors (Lipinski definition) is 2. The molecule has 1 aromatic rings. The molecule has 116 valence electrons. The number of nitrogens with two attached hydrogens (primary N) is 1. The number of nitrogens with zero attached hydrogens (tertiary/aromatic N) is 4. The highest BCUT2D eigenvalue weighted by molar-refractivity contribution is 5.76. The van der Waals surface area contributed by atoms with Crippen LogP contribution >= 0.6 is 0 Å². The first-order valence-corrected chi connectivity index (χ1v) is 6.94. The Morgan fingerprint density at radius 1 is 1.57 bits per heavy atom. The fourth-order valence-electron chi connectivity index (χ4n) is 2.28. The van der Waals surface area contributed by atoms with Gasteiger partial charge in [0.25, 0.3) is 0 Å². The molecule has 9 nitrogen and oxygen atoms in total. The molecule has 1 unspecified atom stereocenters. The molecule has 2 amide bonds. The summed E-state index contributed by atoms with van der Waals surface area (Å²) in [7, 11) is 0. The molecular formula is C12H20N6O3. The summed E-state index contributed by atoms with van der Waals surface area (Å²) in [6, 6.07) is -0.0810. The highest BCUT2D eigenvalue weighted by Crippen LogP contribution is 2.11. The Morgan fingerprint density at radius 3 is 3.05 bits per heavy atom. The highest BCUT2D eigenvalue weighted by atomic mass is 16.5. The fourth-order valence-corrected chi connectivity index (χ4v) is 2.28. The molecule has 9 heteroatoms. The van der Waals surface area contributed by atoms with E-state index in [0.717, 1.165) is 12.8 Å². The lowest BCUT2D eigenvalue weighted by molar-refractivity contribution is -0.133. The van der Waals surface area contributed by atoms with Crippen molar-refractivity contribution in [2.24, 2.45) is 0 Å². The molecule has 2 heterocycles. The lowest BCUT2D eigenvalue weighted by Crippen LogP contribution is -2.50. The summed E-state index contributed by atoms with van der Waals surface area (Å²) in [6.07, 6.45) is 2.65. The Hall–Kier alpha value is -2.32. The van der Waals surface area contributed by atoms with E-state index in [4.69, 9.17) is 10.5 Å². The molecule has 0 aromatic carbocycles. The van der Waals surface area contributed by atoms with Gasteiger partial charge < -0.3 is 20.7 Å². The van der Waals surface area contributed by atoms with Gasteiger partial charge in [0.2, 0.25) is 11.9 Å². The largest absolute Gasteiger partial charge is 0.450 e. The van der Waals surface area contributed by atoms with Gasteiger partial charge in [0.15, 0.2) is 0 Å². The van der Waals surface area contributed by atoms with Gasteiger partial charge in [-0.15, -0.1) is 5.10 Å². The number of rotatable bonds is 4. The molecule has 1 aliphatic heterocycles. The zero-order valence-electron chi connectivity index (χ0n) is 12.0. The number of nitrogen functional groups attached to an aromatic ring is 1. The second-order valence-electron chi connectivity index (χ2n) is 4.84. The van der Waals surface area contributed by atoms with Crippen molar-refractivity contribution < 1.29 is 14.3 Å². The molecule has 1 aliphatic rings. The molecule has 21 heavy (non-hydrogen) atoms. The van der Waals surface area contributed by atoms with Gasteiger partial charge in [-0.1, -0.05) is 0 Å². The summed E-state index contributed by atoms with van der Waals surface area (Å²) in [5.74, 6) is 0.0681. The van der Waals surface area contributed by atoms with Crippen LogP contribution in [0.4, 0.5) is 10.7 Å². The Morgan fingerprint density at radius 2 is 2.38 bits per heavy atom. The summed E-state index contributed by atoms with van der Waals surface area (Å²) < 4.78 is 6.25. The minimum atomic E-state index is -0.444. The van der Waals surface area contributed by atoms with E-state index in [1.807, 2.05) is 0 Å². The van der Waals surface area contributed by atoms with Crippen LogP contribution in [0.5, 0.6) is 0 Å². The highest BCUT2D eigenvalue weighted by Gasteiger charge is 2.25. The maximum atomic E-state index is 12.2. The lowest BCUT2D eigenvalue weighted by atomic mass is 10.1. The molecule has 1 aromatic heterocycles. The van der Waals surface area contributed by atoms with Gasteiger partial charge in [-0.3, -0.25) is 4.79 Å². The van der Waals surface area contributed by atoms with E-state index in [9.17, 15) is 9.59 Å².